The van der Waals surface area contributed by atoms with Gasteiger partial charge in [0.15, 0.2) is 0 Å². The lowest BCUT2D eigenvalue weighted by atomic mass is 9.95. The van der Waals surface area contributed by atoms with Crippen LogP contribution in [-0.4, -0.2) is 9.13 Å². The Hall–Kier alpha value is -6.88. The van der Waals surface area contributed by atoms with E-state index in [1.54, 1.807) is 0 Å². The van der Waals surface area contributed by atoms with Gasteiger partial charge in [-0.1, -0.05) is 97.1 Å². The maximum absolute atomic E-state index is 9.62. The number of benzene rings is 7. The van der Waals surface area contributed by atoms with Gasteiger partial charge in [0.2, 0.25) is 0 Å². The summed E-state index contributed by atoms with van der Waals surface area (Å²) >= 11 is 0. The molecule has 0 N–H and O–H groups in total. The molecule has 0 amide bonds. The number of aromatic nitrogens is 2. The highest BCUT2D eigenvalue weighted by molar-refractivity contribution is 6.11. The van der Waals surface area contributed by atoms with Gasteiger partial charge in [0, 0.05) is 38.4 Å². The first-order chi connectivity index (χ1) is 23.7. The van der Waals surface area contributed by atoms with Crippen molar-refractivity contribution in [2.75, 3.05) is 0 Å². The van der Waals surface area contributed by atoms with Crippen LogP contribution >= 0.6 is 0 Å². The molecule has 0 aliphatic rings. The van der Waals surface area contributed by atoms with Crippen molar-refractivity contribution in [1.82, 2.24) is 9.13 Å². The van der Waals surface area contributed by atoms with E-state index in [4.69, 9.17) is 0 Å². The van der Waals surface area contributed by atoms with Crippen LogP contribution in [0.5, 0.6) is 0 Å². The molecular formula is C44H26N4. The van der Waals surface area contributed by atoms with Gasteiger partial charge in [-0.25, -0.2) is 0 Å². The van der Waals surface area contributed by atoms with Crippen molar-refractivity contribution in [3.63, 3.8) is 0 Å². The predicted molar refractivity (Wildman–Crippen MR) is 195 cm³/mol. The Morgan fingerprint density at radius 2 is 0.854 bits per heavy atom. The molecular weight excluding hydrogens is 585 g/mol. The van der Waals surface area contributed by atoms with Gasteiger partial charge in [-0.05, 0) is 71.8 Å². The molecule has 0 saturated heterocycles. The van der Waals surface area contributed by atoms with E-state index in [-0.39, 0.29) is 0 Å². The van der Waals surface area contributed by atoms with Gasteiger partial charge in [-0.15, -0.1) is 0 Å². The monoisotopic (exact) mass is 610 g/mol. The van der Waals surface area contributed by atoms with E-state index in [2.05, 4.69) is 143 Å². The van der Waals surface area contributed by atoms with Crippen molar-refractivity contribution in [2.24, 2.45) is 0 Å². The lowest BCUT2D eigenvalue weighted by molar-refractivity contribution is 1.17. The smallest absolute Gasteiger partial charge is 0.0991 e. The Morgan fingerprint density at radius 3 is 1.40 bits per heavy atom. The number of fused-ring (bicyclic) bond motifs is 6. The first kappa shape index (κ1) is 27.4. The van der Waals surface area contributed by atoms with Crippen molar-refractivity contribution in [3.8, 4) is 45.8 Å². The minimum Gasteiger partial charge on any atom is -0.309 e. The Kier molecular flexibility index (Phi) is 6.22. The van der Waals surface area contributed by atoms with Crippen LogP contribution < -0.4 is 0 Å². The number of para-hydroxylation sites is 3. The van der Waals surface area contributed by atoms with Crippen molar-refractivity contribution < 1.29 is 0 Å². The molecule has 0 unspecified atom stereocenters. The summed E-state index contributed by atoms with van der Waals surface area (Å²) in [4.78, 5) is 0. The zero-order valence-corrected chi connectivity index (χ0v) is 25.8. The molecule has 0 atom stereocenters. The summed E-state index contributed by atoms with van der Waals surface area (Å²) < 4.78 is 4.63. The average Bonchev–Trinajstić information content (AvgIpc) is 3.67. The van der Waals surface area contributed by atoms with E-state index < -0.39 is 0 Å². The van der Waals surface area contributed by atoms with Crippen molar-refractivity contribution in [3.05, 3.63) is 169 Å². The predicted octanol–water partition coefficient (Wildman–Crippen LogP) is 11.0. The molecule has 0 aliphatic heterocycles. The van der Waals surface area contributed by atoms with Crippen LogP contribution in [0.4, 0.5) is 0 Å². The summed E-state index contributed by atoms with van der Waals surface area (Å²) in [5.74, 6) is 0. The topological polar surface area (TPSA) is 57.4 Å². The van der Waals surface area contributed by atoms with Crippen LogP contribution in [0.3, 0.4) is 0 Å². The number of nitriles is 2. The third-order valence-electron chi connectivity index (χ3n) is 9.38. The van der Waals surface area contributed by atoms with Crippen molar-refractivity contribution >= 4 is 43.6 Å². The number of nitrogens with zero attached hydrogens (tertiary/aromatic N) is 4. The standard InChI is InChI=1S/C44H26N4/c45-27-29-17-23-42-38(25-29)39-26-30(28-46)18-24-43(39)47(42)33-21-19-32(20-22-33)35-14-8-13-34(31-9-2-1-3-10-31)44(35)48-40-15-6-4-11-36(40)37-12-5-7-16-41(37)48/h1-26H. The zero-order chi connectivity index (χ0) is 32.2. The summed E-state index contributed by atoms with van der Waals surface area (Å²) in [5.41, 5.74) is 12.2. The van der Waals surface area contributed by atoms with E-state index >= 15 is 0 Å². The van der Waals surface area contributed by atoms with Gasteiger partial charge in [0.1, 0.15) is 0 Å². The SMILES string of the molecule is N#Cc1ccc2c(c1)c1cc(C#N)ccc1n2-c1ccc(-c2cccc(-c3ccccc3)c2-n2c3ccccc3c3ccccc32)cc1. The van der Waals surface area contributed by atoms with Gasteiger partial charge in [-0.2, -0.15) is 10.5 Å². The minimum absolute atomic E-state index is 0.593. The van der Waals surface area contributed by atoms with E-state index in [0.717, 1.165) is 55.4 Å². The normalized spacial score (nSPS) is 11.3. The summed E-state index contributed by atoms with van der Waals surface area (Å²) in [5, 5.41) is 23.6. The molecule has 222 valence electrons. The molecule has 0 fully saturated rings. The first-order valence-electron chi connectivity index (χ1n) is 15.9. The van der Waals surface area contributed by atoms with Crippen LogP contribution in [0.15, 0.2) is 158 Å². The number of rotatable bonds is 4. The van der Waals surface area contributed by atoms with Crippen LogP contribution in [0.25, 0.3) is 77.2 Å². The van der Waals surface area contributed by atoms with Crippen molar-refractivity contribution in [2.45, 2.75) is 0 Å². The van der Waals surface area contributed by atoms with Gasteiger partial charge in [0.05, 0.1) is 51.0 Å². The Morgan fingerprint density at radius 1 is 0.375 bits per heavy atom. The fraction of sp³-hybridized carbons (Fsp3) is 0. The molecule has 0 aliphatic carbocycles. The zero-order valence-electron chi connectivity index (χ0n) is 25.8. The summed E-state index contributed by atoms with van der Waals surface area (Å²) in [6.45, 7) is 0. The van der Waals surface area contributed by atoms with Crippen LogP contribution in [-0.2, 0) is 0 Å². The maximum atomic E-state index is 9.62. The quantitative estimate of drug-likeness (QED) is 0.199. The second-order valence-electron chi connectivity index (χ2n) is 12.0. The average molecular weight is 611 g/mol. The van der Waals surface area contributed by atoms with E-state index in [9.17, 15) is 10.5 Å². The molecule has 0 spiro atoms. The molecule has 48 heavy (non-hydrogen) atoms. The molecule has 9 rings (SSSR count). The number of hydrogen-bond acceptors (Lipinski definition) is 2. The first-order valence-corrected chi connectivity index (χ1v) is 15.9. The van der Waals surface area contributed by atoms with Gasteiger partial charge >= 0.3 is 0 Å². The third kappa shape index (κ3) is 4.14. The third-order valence-corrected chi connectivity index (χ3v) is 9.38. The van der Waals surface area contributed by atoms with E-state index in [1.807, 2.05) is 36.4 Å². The Bertz CT molecular complexity index is 2660. The fourth-order valence-corrected chi connectivity index (χ4v) is 7.26. The lowest BCUT2D eigenvalue weighted by Crippen LogP contribution is -2.01. The van der Waals surface area contributed by atoms with Crippen LogP contribution in [0.1, 0.15) is 11.1 Å². The maximum Gasteiger partial charge on any atom is 0.0991 e. The van der Waals surface area contributed by atoms with Gasteiger partial charge < -0.3 is 9.13 Å². The largest absolute Gasteiger partial charge is 0.309 e. The number of hydrogen-bond donors (Lipinski definition) is 0. The van der Waals surface area contributed by atoms with Crippen LogP contribution in [0, 0.1) is 22.7 Å². The Labute approximate surface area is 277 Å². The van der Waals surface area contributed by atoms with Gasteiger partial charge in [-0.3, -0.25) is 0 Å². The minimum atomic E-state index is 0.593. The summed E-state index contributed by atoms with van der Waals surface area (Å²) in [6, 6.07) is 59.2. The van der Waals surface area contributed by atoms with E-state index in [0.29, 0.717) is 11.1 Å². The molecule has 4 heteroatoms. The molecule has 2 heterocycles. The summed E-state index contributed by atoms with van der Waals surface area (Å²) in [7, 11) is 0. The van der Waals surface area contributed by atoms with E-state index in [1.165, 1.54) is 21.8 Å². The highest BCUT2D eigenvalue weighted by atomic mass is 15.0. The van der Waals surface area contributed by atoms with Crippen LogP contribution in [0.2, 0.25) is 0 Å². The van der Waals surface area contributed by atoms with Gasteiger partial charge in [0.25, 0.3) is 0 Å². The molecule has 0 radical (unpaired) electrons. The Balaban J connectivity index is 1.29. The molecule has 9 aromatic rings. The molecule has 7 aromatic carbocycles. The fourth-order valence-electron chi connectivity index (χ4n) is 7.26. The molecule has 2 aromatic heterocycles. The highest BCUT2D eigenvalue weighted by Gasteiger charge is 2.20. The second-order valence-corrected chi connectivity index (χ2v) is 12.0. The molecule has 0 bridgehead atoms. The molecule has 4 nitrogen and oxygen atoms in total. The summed E-state index contributed by atoms with van der Waals surface area (Å²) in [6.07, 6.45) is 0. The second kappa shape index (κ2) is 10.9. The van der Waals surface area contributed by atoms with Crippen molar-refractivity contribution in [1.29, 1.82) is 10.5 Å². The highest BCUT2D eigenvalue weighted by Crippen LogP contribution is 2.42. The lowest BCUT2D eigenvalue weighted by Gasteiger charge is -2.19. The molecule has 0 saturated carbocycles.